The topological polar surface area (TPSA) is 133 Å². The second-order valence-corrected chi connectivity index (χ2v) is 9.73. The van der Waals surface area contributed by atoms with Gasteiger partial charge in [0.2, 0.25) is 21.8 Å². The SMILES string of the molecule is O=C(O)[C@@H]1CCCN1C(=O)[C@@H](CCC(=O)N1CCOCC1)NS(=O)(=O)Cc1ccccc1. The number of amides is 2. The molecule has 176 valence electrons. The van der Waals surface area contributed by atoms with Crippen LogP contribution >= 0.6 is 0 Å². The van der Waals surface area contributed by atoms with E-state index in [9.17, 15) is 27.9 Å². The van der Waals surface area contributed by atoms with Crippen LogP contribution in [-0.4, -0.2) is 86.0 Å². The number of hydrogen-bond acceptors (Lipinski definition) is 6. The number of carboxylic acids is 1. The number of morpholine rings is 1. The third-order valence-corrected chi connectivity index (χ3v) is 7.01. The molecule has 0 unspecified atom stereocenters. The van der Waals surface area contributed by atoms with E-state index < -0.39 is 34.0 Å². The number of carboxylic acid groups (broad SMARTS) is 1. The van der Waals surface area contributed by atoms with Gasteiger partial charge >= 0.3 is 5.97 Å². The molecule has 2 amide bonds. The molecule has 2 saturated heterocycles. The smallest absolute Gasteiger partial charge is 0.326 e. The number of benzene rings is 1. The molecular formula is C21H29N3O7S. The molecule has 3 rings (SSSR count). The highest BCUT2D eigenvalue weighted by Gasteiger charge is 2.38. The summed E-state index contributed by atoms with van der Waals surface area (Å²) in [6.07, 6.45) is 0.762. The zero-order valence-corrected chi connectivity index (χ0v) is 18.6. The number of nitrogens with zero attached hydrogens (tertiary/aromatic N) is 2. The minimum atomic E-state index is -3.91. The van der Waals surface area contributed by atoms with E-state index in [2.05, 4.69) is 4.72 Å². The van der Waals surface area contributed by atoms with Gasteiger partial charge in [-0.25, -0.2) is 17.9 Å². The van der Waals surface area contributed by atoms with Crippen LogP contribution in [0.2, 0.25) is 0 Å². The predicted octanol–water partition coefficient (Wildman–Crippen LogP) is 0.189. The lowest BCUT2D eigenvalue weighted by Gasteiger charge is -2.29. The van der Waals surface area contributed by atoms with Crippen LogP contribution in [0, 0.1) is 0 Å². The summed E-state index contributed by atoms with van der Waals surface area (Å²) in [5, 5.41) is 9.42. The first-order valence-electron chi connectivity index (χ1n) is 10.7. The second kappa shape index (κ2) is 10.9. The standard InChI is InChI=1S/C21H29N3O7S/c25-19(23-11-13-31-14-12-23)9-8-17(20(26)24-10-4-7-18(24)21(27)28)22-32(29,30)15-16-5-2-1-3-6-16/h1-3,5-6,17-18,22H,4,7-15H2,(H,27,28)/t17-,18+/m1/s1. The summed E-state index contributed by atoms with van der Waals surface area (Å²) in [6, 6.07) is 6.34. The Bertz CT molecular complexity index is 917. The molecule has 0 aliphatic carbocycles. The number of aliphatic carboxylic acids is 1. The van der Waals surface area contributed by atoms with Gasteiger partial charge in [-0.1, -0.05) is 30.3 Å². The Kier molecular flexibility index (Phi) is 8.21. The third kappa shape index (κ3) is 6.50. The van der Waals surface area contributed by atoms with Crippen molar-refractivity contribution < 1.29 is 32.6 Å². The van der Waals surface area contributed by atoms with Crippen molar-refractivity contribution in [1.29, 1.82) is 0 Å². The Morgan fingerprint density at radius 3 is 2.47 bits per heavy atom. The van der Waals surface area contributed by atoms with Crippen molar-refractivity contribution in [2.24, 2.45) is 0 Å². The van der Waals surface area contributed by atoms with Gasteiger partial charge in [-0.15, -0.1) is 0 Å². The maximum Gasteiger partial charge on any atom is 0.326 e. The van der Waals surface area contributed by atoms with E-state index in [4.69, 9.17) is 4.74 Å². The minimum absolute atomic E-state index is 0.0319. The van der Waals surface area contributed by atoms with Crippen LogP contribution in [0.3, 0.4) is 0 Å². The van der Waals surface area contributed by atoms with E-state index in [1.54, 1.807) is 35.2 Å². The van der Waals surface area contributed by atoms with E-state index in [0.717, 1.165) is 0 Å². The van der Waals surface area contributed by atoms with Gasteiger partial charge in [0.05, 0.1) is 19.0 Å². The fourth-order valence-electron chi connectivity index (χ4n) is 4.01. The molecule has 2 heterocycles. The second-order valence-electron chi connectivity index (χ2n) is 7.97. The average molecular weight is 468 g/mol. The first-order chi connectivity index (χ1) is 15.3. The number of carbonyl (C=O) groups excluding carboxylic acids is 2. The van der Waals surface area contributed by atoms with E-state index >= 15 is 0 Å². The fraction of sp³-hybridized carbons (Fsp3) is 0.571. The Balaban J connectivity index is 1.72. The number of hydrogen-bond donors (Lipinski definition) is 2. The summed E-state index contributed by atoms with van der Waals surface area (Å²) < 4.78 is 33.2. The summed E-state index contributed by atoms with van der Waals surface area (Å²) in [7, 11) is -3.91. The lowest BCUT2D eigenvalue weighted by molar-refractivity contribution is -0.149. The van der Waals surface area contributed by atoms with E-state index in [1.165, 1.54) is 4.90 Å². The first-order valence-corrected chi connectivity index (χ1v) is 12.3. The number of sulfonamides is 1. The van der Waals surface area contributed by atoms with Crippen molar-refractivity contribution in [2.75, 3.05) is 32.8 Å². The number of ether oxygens (including phenoxy) is 1. The highest BCUT2D eigenvalue weighted by Crippen LogP contribution is 2.20. The van der Waals surface area contributed by atoms with E-state index in [-0.39, 0.29) is 31.0 Å². The lowest BCUT2D eigenvalue weighted by atomic mass is 10.1. The molecular weight excluding hydrogens is 438 g/mol. The van der Waals surface area contributed by atoms with Crippen molar-refractivity contribution in [2.45, 2.75) is 43.5 Å². The largest absolute Gasteiger partial charge is 0.480 e. The van der Waals surface area contributed by atoms with Crippen LogP contribution < -0.4 is 4.72 Å². The van der Waals surface area contributed by atoms with Crippen molar-refractivity contribution >= 4 is 27.8 Å². The molecule has 0 saturated carbocycles. The molecule has 10 nitrogen and oxygen atoms in total. The maximum atomic E-state index is 13.2. The summed E-state index contributed by atoms with van der Waals surface area (Å²) in [5.41, 5.74) is 0.556. The number of rotatable bonds is 9. The van der Waals surface area contributed by atoms with Gasteiger partial charge in [-0.2, -0.15) is 0 Å². The quantitative estimate of drug-likeness (QED) is 0.530. The monoisotopic (exact) mass is 467 g/mol. The fourth-order valence-corrected chi connectivity index (χ4v) is 5.38. The highest BCUT2D eigenvalue weighted by molar-refractivity contribution is 7.88. The molecule has 2 atom stereocenters. The van der Waals surface area contributed by atoms with Crippen molar-refractivity contribution in [3.63, 3.8) is 0 Å². The normalized spacial score (nSPS) is 20.2. The summed E-state index contributed by atoms with van der Waals surface area (Å²) in [5.74, 6) is -2.24. The number of likely N-dealkylation sites (tertiary alicyclic amines) is 1. The minimum Gasteiger partial charge on any atom is -0.480 e. The maximum absolute atomic E-state index is 13.2. The molecule has 0 aromatic heterocycles. The van der Waals surface area contributed by atoms with Gasteiger partial charge in [0.15, 0.2) is 0 Å². The third-order valence-electron chi connectivity index (χ3n) is 5.65. The molecule has 2 aliphatic rings. The van der Waals surface area contributed by atoms with Gasteiger partial charge in [0, 0.05) is 26.1 Å². The van der Waals surface area contributed by atoms with Crippen LogP contribution in [0.4, 0.5) is 0 Å². The number of nitrogens with one attached hydrogen (secondary N) is 1. The van der Waals surface area contributed by atoms with Gasteiger partial charge in [-0.3, -0.25) is 9.59 Å². The van der Waals surface area contributed by atoms with Crippen molar-refractivity contribution in [3.05, 3.63) is 35.9 Å². The van der Waals surface area contributed by atoms with Gasteiger partial charge in [0.1, 0.15) is 12.1 Å². The van der Waals surface area contributed by atoms with Gasteiger partial charge in [0.25, 0.3) is 0 Å². The van der Waals surface area contributed by atoms with Crippen LogP contribution in [0.15, 0.2) is 30.3 Å². The Morgan fingerprint density at radius 2 is 1.81 bits per heavy atom. The molecule has 1 aromatic carbocycles. The van der Waals surface area contributed by atoms with Crippen LogP contribution in [-0.2, 0) is 34.9 Å². The Hall–Kier alpha value is -2.50. The molecule has 11 heteroatoms. The summed E-state index contributed by atoms with van der Waals surface area (Å²) in [6.45, 7) is 2.01. The zero-order valence-electron chi connectivity index (χ0n) is 17.8. The Morgan fingerprint density at radius 1 is 1.12 bits per heavy atom. The molecule has 0 radical (unpaired) electrons. The lowest BCUT2D eigenvalue weighted by Crippen LogP contribution is -2.52. The number of carbonyl (C=O) groups is 3. The van der Waals surface area contributed by atoms with Gasteiger partial charge in [-0.05, 0) is 24.8 Å². The molecule has 2 N–H and O–H groups in total. The molecule has 2 fully saturated rings. The van der Waals surface area contributed by atoms with E-state index in [0.29, 0.717) is 44.7 Å². The first kappa shape index (κ1) is 24.1. The molecule has 2 aliphatic heterocycles. The average Bonchev–Trinajstić information content (AvgIpc) is 3.27. The molecule has 1 aromatic rings. The van der Waals surface area contributed by atoms with Gasteiger partial charge < -0.3 is 19.6 Å². The highest BCUT2D eigenvalue weighted by atomic mass is 32.2. The van der Waals surface area contributed by atoms with Crippen LogP contribution in [0.1, 0.15) is 31.2 Å². The van der Waals surface area contributed by atoms with Crippen molar-refractivity contribution in [3.8, 4) is 0 Å². The van der Waals surface area contributed by atoms with Crippen LogP contribution in [0.25, 0.3) is 0 Å². The molecule has 0 bridgehead atoms. The predicted molar refractivity (Wildman–Crippen MR) is 115 cm³/mol. The summed E-state index contributed by atoms with van der Waals surface area (Å²) in [4.78, 5) is 40.1. The van der Waals surface area contributed by atoms with Crippen molar-refractivity contribution in [1.82, 2.24) is 14.5 Å². The van der Waals surface area contributed by atoms with Crippen LogP contribution in [0.5, 0.6) is 0 Å². The van der Waals surface area contributed by atoms with E-state index in [1.807, 2.05) is 0 Å². The molecule has 32 heavy (non-hydrogen) atoms. The summed E-state index contributed by atoms with van der Waals surface area (Å²) >= 11 is 0. The Labute approximate surface area is 187 Å². The molecule has 0 spiro atoms. The zero-order chi connectivity index (χ0) is 23.1.